The van der Waals surface area contributed by atoms with Gasteiger partial charge in [-0.25, -0.2) is 4.39 Å². The van der Waals surface area contributed by atoms with Gasteiger partial charge in [0, 0.05) is 0 Å². The molecule has 0 atom stereocenters. The summed E-state index contributed by atoms with van der Waals surface area (Å²) in [4.78, 5) is 0. The second kappa shape index (κ2) is 4.64. The van der Waals surface area contributed by atoms with Gasteiger partial charge in [-0.1, -0.05) is 6.07 Å². The van der Waals surface area contributed by atoms with E-state index in [0.717, 1.165) is 12.1 Å². The standard InChI is InChI=1S/C12H14F4O/c1-11(2,3)17-7-8-4-5-9(10(13)6-8)12(14,15)16/h4-6H,7H2,1-3H3. The molecule has 0 spiro atoms. The third-order valence-electron chi connectivity index (χ3n) is 2.01. The van der Waals surface area contributed by atoms with Crippen LogP contribution >= 0.6 is 0 Å². The van der Waals surface area contributed by atoms with Crippen molar-refractivity contribution in [3.63, 3.8) is 0 Å². The number of alkyl halides is 3. The average Bonchev–Trinajstić information content (AvgIpc) is 2.11. The summed E-state index contributed by atoms with van der Waals surface area (Å²) in [5.74, 6) is -1.27. The van der Waals surface area contributed by atoms with Crippen LogP contribution in [-0.2, 0) is 17.5 Å². The second-order valence-corrected chi connectivity index (χ2v) is 4.71. The minimum Gasteiger partial charge on any atom is -0.371 e. The van der Waals surface area contributed by atoms with Crippen LogP contribution in [0, 0.1) is 5.82 Å². The molecule has 0 amide bonds. The van der Waals surface area contributed by atoms with E-state index in [9.17, 15) is 17.6 Å². The van der Waals surface area contributed by atoms with E-state index < -0.39 is 23.2 Å². The fourth-order valence-electron chi connectivity index (χ4n) is 1.18. The molecule has 0 aliphatic rings. The minimum atomic E-state index is -4.66. The Balaban J connectivity index is 2.83. The van der Waals surface area contributed by atoms with E-state index in [1.807, 2.05) is 20.8 Å². The van der Waals surface area contributed by atoms with E-state index >= 15 is 0 Å². The van der Waals surface area contributed by atoms with Crippen molar-refractivity contribution in [2.75, 3.05) is 0 Å². The summed E-state index contributed by atoms with van der Waals surface area (Å²) in [6.07, 6.45) is -4.66. The summed E-state index contributed by atoms with van der Waals surface area (Å²) in [5.41, 5.74) is -1.29. The van der Waals surface area contributed by atoms with Gasteiger partial charge in [0.2, 0.25) is 0 Å². The van der Waals surface area contributed by atoms with Gasteiger partial charge in [-0.15, -0.1) is 0 Å². The molecule has 1 aromatic rings. The first-order valence-corrected chi connectivity index (χ1v) is 5.09. The van der Waals surface area contributed by atoms with Crippen LogP contribution in [0.2, 0.25) is 0 Å². The third kappa shape index (κ3) is 4.34. The van der Waals surface area contributed by atoms with Crippen molar-refractivity contribution >= 4 is 0 Å². The molecule has 0 N–H and O–H groups in total. The van der Waals surface area contributed by atoms with Crippen LogP contribution < -0.4 is 0 Å². The number of benzene rings is 1. The van der Waals surface area contributed by atoms with Crippen molar-refractivity contribution in [3.05, 3.63) is 35.1 Å². The molecule has 0 heterocycles. The first kappa shape index (κ1) is 14.0. The third-order valence-corrected chi connectivity index (χ3v) is 2.01. The monoisotopic (exact) mass is 250 g/mol. The normalized spacial score (nSPS) is 12.9. The van der Waals surface area contributed by atoms with Gasteiger partial charge in [0.15, 0.2) is 0 Å². The largest absolute Gasteiger partial charge is 0.419 e. The zero-order valence-electron chi connectivity index (χ0n) is 9.86. The molecule has 0 aromatic heterocycles. The van der Waals surface area contributed by atoms with E-state index in [2.05, 4.69) is 0 Å². The smallest absolute Gasteiger partial charge is 0.371 e. The summed E-state index contributed by atoms with van der Waals surface area (Å²) in [7, 11) is 0. The zero-order valence-corrected chi connectivity index (χ0v) is 9.86. The molecule has 0 saturated carbocycles. The Morgan fingerprint density at radius 3 is 2.12 bits per heavy atom. The van der Waals surface area contributed by atoms with Crippen LogP contribution in [-0.4, -0.2) is 5.60 Å². The highest BCUT2D eigenvalue weighted by Crippen LogP contribution is 2.31. The number of hydrogen-bond acceptors (Lipinski definition) is 1. The number of ether oxygens (including phenoxy) is 1. The molecule has 0 saturated heterocycles. The van der Waals surface area contributed by atoms with Crippen LogP contribution in [0.5, 0.6) is 0 Å². The van der Waals surface area contributed by atoms with Crippen LogP contribution in [0.3, 0.4) is 0 Å². The van der Waals surface area contributed by atoms with Gasteiger partial charge in [0.25, 0.3) is 0 Å². The molecule has 17 heavy (non-hydrogen) atoms. The molecule has 0 bridgehead atoms. The van der Waals surface area contributed by atoms with Crippen molar-refractivity contribution < 1.29 is 22.3 Å². The molecule has 0 aliphatic carbocycles. The van der Waals surface area contributed by atoms with Crippen molar-refractivity contribution in [2.45, 2.75) is 39.2 Å². The predicted molar refractivity (Wildman–Crippen MR) is 55.9 cm³/mol. The van der Waals surface area contributed by atoms with Gasteiger partial charge in [-0.3, -0.25) is 0 Å². The highest BCUT2D eigenvalue weighted by atomic mass is 19.4. The quantitative estimate of drug-likeness (QED) is 0.716. The average molecular weight is 250 g/mol. The molecule has 96 valence electrons. The molecular formula is C12H14F4O. The molecule has 1 rings (SSSR count). The SMILES string of the molecule is CC(C)(C)OCc1ccc(C(F)(F)F)c(F)c1. The van der Waals surface area contributed by atoms with Gasteiger partial charge >= 0.3 is 6.18 Å². The van der Waals surface area contributed by atoms with E-state index in [-0.39, 0.29) is 6.61 Å². The van der Waals surface area contributed by atoms with Gasteiger partial charge in [0.1, 0.15) is 5.82 Å². The number of hydrogen-bond donors (Lipinski definition) is 0. The first-order valence-electron chi connectivity index (χ1n) is 5.09. The van der Waals surface area contributed by atoms with Gasteiger partial charge < -0.3 is 4.74 Å². The maximum absolute atomic E-state index is 13.2. The second-order valence-electron chi connectivity index (χ2n) is 4.71. The van der Waals surface area contributed by atoms with E-state index in [1.54, 1.807) is 0 Å². The van der Waals surface area contributed by atoms with E-state index in [1.165, 1.54) is 6.07 Å². The lowest BCUT2D eigenvalue weighted by atomic mass is 10.1. The molecule has 5 heteroatoms. The van der Waals surface area contributed by atoms with Crippen molar-refractivity contribution in [2.24, 2.45) is 0 Å². The van der Waals surface area contributed by atoms with E-state index in [4.69, 9.17) is 4.74 Å². The summed E-state index contributed by atoms with van der Waals surface area (Å²) in [6, 6.07) is 2.81. The Bertz CT molecular complexity index is 390. The van der Waals surface area contributed by atoms with Gasteiger partial charge in [0.05, 0.1) is 17.8 Å². The molecule has 1 nitrogen and oxygen atoms in total. The van der Waals surface area contributed by atoms with Crippen molar-refractivity contribution in [1.82, 2.24) is 0 Å². The molecule has 0 aliphatic heterocycles. The Morgan fingerprint density at radius 2 is 1.71 bits per heavy atom. The molecular weight excluding hydrogens is 236 g/mol. The fraction of sp³-hybridized carbons (Fsp3) is 0.500. The maximum atomic E-state index is 13.2. The van der Waals surface area contributed by atoms with Gasteiger partial charge in [-0.2, -0.15) is 13.2 Å². The van der Waals surface area contributed by atoms with E-state index in [0.29, 0.717) is 5.56 Å². The summed E-state index contributed by atoms with van der Waals surface area (Å²) < 4.78 is 55.4. The van der Waals surface area contributed by atoms with Gasteiger partial charge in [-0.05, 0) is 38.5 Å². The minimum absolute atomic E-state index is 0.0819. The van der Waals surface area contributed by atoms with Crippen LogP contribution in [0.15, 0.2) is 18.2 Å². The van der Waals surface area contributed by atoms with Crippen molar-refractivity contribution in [3.8, 4) is 0 Å². The lowest BCUT2D eigenvalue weighted by Gasteiger charge is -2.19. The Morgan fingerprint density at radius 1 is 1.12 bits per heavy atom. The summed E-state index contributed by atoms with van der Waals surface area (Å²) in [6.45, 7) is 5.52. The lowest BCUT2D eigenvalue weighted by Crippen LogP contribution is -2.19. The Hall–Kier alpha value is -1.10. The molecule has 1 aromatic carbocycles. The number of halogens is 4. The lowest BCUT2D eigenvalue weighted by molar-refractivity contribution is -0.140. The van der Waals surface area contributed by atoms with Crippen LogP contribution in [0.1, 0.15) is 31.9 Å². The topological polar surface area (TPSA) is 9.23 Å². The maximum Gasteiger partial charge on any atom is 0.419 e. The zero-order chi connectivity index (χ0) is 13.3. The molecule has 0 unspecified atom stereocenters. The molecule has 0 radical (unpaired) electrons. The highest BCUT2D eigenvalue weighted by molar-refractivity contribution is 5.26. The fourth-order valence-corrected chi connectivity index (χ4v) is 1.18. The van der Waals surface area contributed by atoms with Crippen LogP contribution in [0.4, 0.5) is 17.6 Å². The Kier molecular flexibility index (Phi) is 3.81. The summed E-state index contributed by atoms with van der Waals surface area (Å²) in [5, 5.41) is 0. The summed E-state index contributed by atoms with van der Waals surface area (Å²) >= 11 is 0. The predicted octanol–water partition coefficient (Wildman–Crippen LogP) is 4.16. The number of rotatable bonds is 2. The Labute approximate surface area is 97.4 Å². The van der Waals surface area contributed by atoms with Crippen LogP contribution in [0.25, 0.3) is 0 Å². The van der Waals surface area contributed by atoms with Crippen molar-refractivity contribution in [1.29, 1.82) is 0 Å². The molecule has 0 fully saturated rings. The highest BCUT2D eigenvalue weighted by Gasteiger charge is 2.33. The first-order chi connectivity index (χ1) is 7.59.